The number of benzene rings is 2. The minimum absolute atomic E-state index is 0.0807. The van der Waals surface area contributed by atoms with Crippen molar-refractivity contribution in [2.45, 2.75) is 13.8 Å². The number of nitrogens with zero attached hydrogens (tertiary/aromatic N) is 4. The maximum atomic E-state index is 13.4. The van der Waals surface area contributed by atoms with E-state index >= 15 is 0 Å². The summed E-state index contributed by atoms with van der Waals surface area (Å²) in [6, 6.07) is 17.1. The van der Waals surface area contributed by atoms with Crippen molar-refractivity contribution in [1.82, 2.24) is 19.9 Å². The van der Waals surface area contributed by atoms with E-state index in [0.717, 1.165) is 5.56 Å². The summed E-state index contributed by atoms with van der Waals surface area (Å²) in [7, 11) is 0. The van der Waals surface area contributed by atoms with E-state index in [9.17, 15) is 9.59 Å². The molecule has 0 saturated carbocycles. The van der Waals surface area contributed by atoms with Crippen LogP contribution in [0.1, 0.15) is 21.7 Å². The van der Waals surface area contributed by atoms with Gasteiger partial charge in [0.2, 0.25) is 11.8 Å². The van der Waals surface area contributed by atoms with Crippen LogP contribution < -0.4 is 5.32 Å². The van der Waals surface area contributed by atoms with Crippen molar-refractivity contribution >= 4 is 17.6 Å². The molecule has 9 nitrogen and oxygen atoms in total. The molecule has 1 fully saturated rings. The molecule has 1 aliphatic rings. The summed E-state index contributed by atoms with van der Waals surface area (Å²) in [5.41, 5.74) is 3.30. The van der Waals surface area contributed by atoms with E-state index in [1.54, 1.807) is 30.2 Å². The lowest BCUT2D eigenvalue weighted by atomic mass is 10.1. The molecule has 1 N–H and O–H groups in total. The number of hydrogen-bond acceptors (Lipinski definition) is 7. The third-order valence-corrected chi connectivity index (χ3v) is 6.15. The highest BCUT2D eigenvalue weighted by Crippen LogP contribution is 2.29. The largest absolute Gasteiger partial charge is 0.436 e. The van der Waals surface area contributed by atoms with Gasteiger partial charge in [0.25, 0.3) is 5.91 Å². The van der Waals surface area contributed by atoms with Gasteiger partial charge in [-0.25, -0.2) is 4.98 Å². The topological polar surface area (TPSA) is 105 Å². The quantitative estimate of drug-likeness (QED) is 0.440. The fraction of sp³-hybridized carbons (Fsp3) is 0.259. The highest BCUT2D eigenvalue weighted by Gasteiger charge is 2.26. The Balaban J connectivity index is 1.23. The number of carbonyl (C=O) groups excluding carboxylic acids is 2. The number of oxazole rings is 1. The molecule has 3 heterocycles. The average molecular weight is 486 g/mol. The summed E-state index contributed by atoms with van der Waals surface area (Å²) in [6.45, 7) is 6.25. The van der Waals surface area contributed by atoms with E-state index in [4.69, 9.17) is 8.94 Å². The number of anilines is 1. The summed E-state index contributed by atoms with van der Waals surface area (Å²) < 4.78 is 11.0. The van der Waals surface area contributed by atoms with Crippen LogP contribution in [0.25, 0.3) is 22.8 Å². The van der Waals surface area contributed by atoms with Gasteiger partial charge in [0.05, 0.1) is 18.3 Å². The Hall–Kier alpha value is -4.24. The highest BCUT2D eigenvalue weighted by molar-refractivity contribution is 6.00. The number of carbonyl (C=O) groups is 2. The molecule has 0 atom stereocenters. The van der Waals surface area contributed by atoms with Crippen LogP contribution in [0.4, 0.5) is 5.82 Å². The van der Waals surface area contributed by atoms with Crippen LogP contribution in [0.2, 0.25) is 0 Å². The van der Waals surface area contributed by atoms with Gasteiger partial charge in [0.1, 0.15) is 5.76 Å². The highest BCUT2D eigenvalue weighted by atomic mass is 16.5. The van der Waals surface area contributed by atoms with Crippen LogP contribution in [0.5, 0.6) is 0 Å². The van der Waals surface area contributed by atoms with Gasteiger partial charge < -0.3 is 19.2 Å². The van der Waals surface area contributed by atoms with Crippen LogP contribution in [-0.2, 0) is 4.79 Å². The number of rotatable bonds is 6. The van der Waals surface area contributed by atoms with Crippen molar-refractivity contribution in [2.24, 2.45) is 0 Å². The molecule has 2 aromatic carbocycles. The monoisotopic (exact) mass is 485 g/mol. The smallest absolute Gasteiger partial charge is 0.254 e. The number of amides is 2. The SMILES string of the molecule is Cc1ccc(-c2cnc(-c3ccccc3C(=O)N3CCN(CC(=O)Nc4cc(C)on4)CC3)o2)cc1. The number of nitrogens with one attached hydrogen (secondary N) is 1. The molecule has 2 aromatic heterocycles. The normalized spacial score (nSPS) is 14.1. The molecule has 5 rings (SSSR count). The minimum atomic E-state index is -0.165. The Bertz CT molecular complexity index is 1370. The molecule has 0 radical (unpaired) electrons. The summed E-state index contributed by atoms with van der Waals surface area (Å²) in [4.78, 5) is 34.0. The third-order valence-electron chi connectivity index (χ3n) is 6.15. The minimum Gasteiger partial charge on any atom is -0.436 e. The molecule has 0 spiro atoms. The second-order valence-electron chi connectivity index (χ2n) is 8.88. The molecule has 0 unspecified atom stereocenters. The fourth-order valence-electron chi connectivity index (χ4n) is 4.20. The van der Waals surface area contributed by atoms with Crippen molar-refractivity contribution in [2.75, 3.05) is 38.0 Å². The van der Waals surface area contributed by atoms with Crippen LogP contribution in [-0.4, -0.2) is 64.5 Å². The first-order chi connectivity index (χ1) is 17.5. The standard InChI is InChI=1S/C27H27N5O4/c1-18-7-9-20(10-8-18)23-16-28-26(35-23)21-5-3-4-6-22(21)27(34)32-13-11-31(12-14-32)17-25(33)29-24-15-19(2)36-30-24/h3-10,15-16H,11-14,17H2,1-2H3,(H,29,30,33). The summed E-state index contributed by atoms with van der Waals surface area (Å²) in [6.07, 6.45) is 1.69. The molecule has 184 valence electrons. The lowest BCUT2D eigenvalue weighted by Gasteiger charge is -2.34. The van der Waals surface area contributed by atoms with Gasteiger partial charge in [0.15, 0.2) is 11.6 Å². The molecule has 1 saturated heterocycles. The zero-order chi connectivity index (χ0) is 25.1. The van der Waals surface area contributed by atoms with Gasteiger partial charge in [-0.3, -0.25) is 14.5 Å². The van der Waals surface area contributed by atoms with E-state index in [1.165, 1.54) is 5.56 Å². The van der Waals surface area contributed by atoms with Crippen molar-refractivity contribution in [3.63, 3.8) is 0 Å². The van der Waals surface area contributed by atoms with Crippen molar-refractivity contribution in [3.8, 4) is 22.8 Å². The molecule has 2 amide bonds. The van der Waals surface area contributed by atoms with Gasteiger partial charge in [0, 0.05) is 43.4 Å². The van der Waals surface area contributed by atoms with Gasteiger partial charge in [-0.2, -0.15) is 0 Å². The first-order valence-corrected chi connectivity index (χ1v) is 11.8. The van der Waals surface area contributed by atoms with E-state index < -0.39 is 0 Å². The second-order valence-corrected chi connectivity index (χ2v) is 8.88. The maximum absolute atomic E-state index is 13.4. The summed E-state index contributed by atoms with van der Waals surface area (Å²) >= 11 is 0. The molecule has 0 aliphatic carbocycles. The van der Waals surface area contributed by atoms with Crippen molar-refractivity contribution in [1.29, 1.82) is 0 Å². The van der Waals surface area contributed by atoms with Gasteiger partial charge in [-0.05, 0) is 26.0 Å². The first kappa shape index (κ1) is 23.5. The van der Waals surface area contributed by atoms with Crippen LogP contribution in [0.3, 0.4) is 0 Å². The zero-order valence-electron chi connectivity index (χ0n) is 20.2. The predicted molar refractivity (Wildman–Crippen MR) is 134 cm³/mol. The van der Waals surface area contributed by atoms with E-state index in [-0.39, 0.29) is 18.4 Å². The molecule has 0 bridgehead atoms. The Morgan fingerprint density at radius 1 is 1.00 bits per heavy atom. The number of aryl methyl sites for hydroxylation is 2. The predicted octanol–water partition coefficient (Wildman–Crippen LogP) is 4.01. The summed E-state index contributed by atoms with van der Waals surface area (Å²) in [5.74, 6) is 1.85. The first-order valence-electron chi connectivity index (χ1n) is 11.8. The average Bonchev–Trinajstić information content (AvgIpc) is 3.54. The van der Waals surface area contributed by atoms with Gasteiger partial charge in [-0.1, -0.05) is 47.1 Å². The molecule has 36 heavy (non-hydrogen) atoms. The van der Waals surface area contributed by atoms with Crippen LogP contribution in [0, 0.1) is 13.8 Å². The van der Waals surface area contributed by atoms with Gasteiger partial charge in [-0.15, -0.1) is 0 Å². The molecule has 9 heteroatoms. The Kier molecular flexibility index (Phi) is 6.64. The van der Waals surface area contributed by atoms with Crippen molar-refractivity contribution < 1.29 is 18.5 Å². The number of hydrogen-bond donors (Lipinski definition) is 1. The maximum Gasteiger partial charge on any atom is 0.254 e. The van der Waals surface area contributed by atoms with E-state index in [2.05, 4.69) is 15.5 Å². The van der Waals surface area contributed by atoms with Crippen LogP contribution >= 0.6 is 0 Å². The number of aromatic nitrogens is 2. The Labute approximate surface area is 208 Å². The Morgan fingerprint density at radius 2 is 1.75 bits per heavy atom. The number of piperazine rings is 1. The van der Waals surface area contributed by atoms with Gasteiger partial charge >= 0.3 is 0 Å². The van der Waals surface area contributed by atoms with Crippen LogP contribution in [0.15, 0.2) is 69.7 Å². The lowest BCUT2D eigenvalue weighted by Crippen LogP contribution is -2.50. The third kappa shape index (κ3) is 5.21. The molecule has 1 aliphatic heterocycles. The summed E-state index contributed by atoms with van der Waals surface area (Å²) in [5, 5.41) is 6.51. The molecular formula is C27H27N5O4. The molecule has 4 aromatic rings. The van der Waals surface area contributed by atoms with E-state index in [1.807, 2.05) is 54.3 Å². The fourth-order valence-corrected chi connectivity index (χ4v) is 4.20. The zero-order valence-corrected chi connectivity index (χ0v) is 20.2. The van der Waals surface area contributed by atoms with E-state index in [0.29, 0.717) is 60.5 Å². The Morgan fingerprint density at radius 3 is 2.47 bits per heavy atom. The lowest BCUT2D eigenvalue weighted by molar-refractivity contribution is -0.117. The molecular weight excluding hydrogens is 458 g/mol. The van der Waals surface area contributed by atoms with Crippen molar-refractivity contribution in [3.05, 3.63) is 77.7 Å². The second kappa shape index (κ2) is 10.2.